The van der Waals surface area contributed by atoms with Crippen molar-refractivity contribution in [1.29, 1.82) is 0 Å². The van der Waals surface area contributed by atoms with Gasteiger partial charge in [0.25, 0.3) is 0 Å². The van der Waals surface area contributed by atoms with Crippen LogP contribution in [0.4, 0.5) is 0 Å². The number of allylic oxidation sites excluding steroid dienone is 10. The van der Waals surface area contributed by atoms with Crippen molar-refractivity contribution in [3.8, 4) is 0 Å². The van der Waals surface area contributed by atoms with Crippen molar-refractivity contribution in [1.82, 2.24) is 0 Å². The number of carbonyl (C=O) groups is 3. The van der Waals surface area contributed by atoms with Crippen molar-refractivity contribution in [2.45, 2.75) is 245 Å². The molecule has 0 aromatic heterocycles. The molecule has 0 radical (unpaired) electrons. The number of carbonyl (C=O) groups excluding carboxylic acids is 3. The summed E-state index contributed by atoms with van der Waals surface area (Å²) in [4.78, 5) is 37.8. The van der Waals surface area contributed by atoms with E-state index in [2.05, 4.69) is 81.5 Å². The minimum absolute atomic E-state index is 0.0810. The molecule has 6 heteroatoms. The molecule has 0 N–H and O–H groups in total. The van der Waals surface area contributed by atoms with Crippen molar-refractivity contribution in [3.05, 3.63) is 60.8 Å². The predicted molar refractivity (Wildman–Crippen MR) is 251 cm³/mol. The van der Waals surface area contributed by atoms with Gasteiger partial charge in [-0.2, -0.15) is 0 Å². The van der Waals surface area contributed by atoms with Crippen LogP contribution in [0.1, 0.15) is 239 Å². The molecular formula is C53H92O6. The molecule has 0 aliphatic rings. The molecule has 1 atom stereocenters. The van der Waals surface area contributed by atoms with Crippen LogP contribution in [0, 0.1) is 0 Å². The van der Waals surface area contributed by atoms with Crippen LogP contribution in [0.2, 0.25) is 0 Å². The number of hydrogen-bond acceptors (Lipinski definition) is 6. The molecule has 340 valence electrons. The Labute approximate surface area is 364 Å². The van der Waals surface area contributed by atoms with Gasteiger partial charge in [-0.15, -0.1) is 0 Å². The van der Waals surface area contributed by atoms with Crippen molar-refractivity contribution in [2.75, 3.05) is 13.2 Å². The third-order valence-corrected chi connectivity index (χ3v) is 10.5. The highest BCUT2D eigenvalue weighted by atomic mass is 16.6. The fourth-order valence-electron chi connectivity index (χ4n) is 6.78. The summed E-state index contributed by atoms with van der Waals surface area (Å²) in [5.74, 6) is -0.906. The van der Waals surface area contributed by atoms with E-state index in [1.165, 1.54) is 96.3 Å². The molecule has 0 amide bonds. The van der Waals surface area contributed by atoms with Crippen molar-refractivity contribution < 1.29 is 28.6 Å². The number of esters is 3. The quantitative estimate of drug-likeness (QED) is 0.0263. The van der Waals surface area contributed by atoms with E-state index in [1.807, 2.05) is 0 Å². The lowest BCUT2D eigenvalue weighted by Gasteiger charge is -2.18. The van der Waals surface area contributed by atoms with Gasteiger partial charge in [0.05, 0.1) is 0 Å². The average Bonchev–Trinajstić information content (AvgIpc) is 3.23. The largest absolute Gasteiger partial charge is 0.462 e. The van der Waals surface area contributed by atoms with Gasteiger partial charge < -0.3 is 14.2 Å². The molecule has 59 heavy (non-hydrogen) atoms. The van der Waals surface area contributed by atoms with Crippen LogP contribution in [-0.4, -0.2) is 37.2 Å². The van der Waals surface area contributed by atoms with Gasteiger partial charge in [-0.1, -0.05) is 197 Å². The first kappa shape index (κ1) is 56.1. The van der Waals surface area contributed by atoms with E-state index in [-0.39, 0.29) is 31.1 Å². The molecule has 0 spiro atoms. The van der Waals surface area contributed by atoms with Gasteiger partial charge >= 0.3 is 17.9 Å². The molecular weight excluding hydrogens is 733 g/mol. The molecule has 0 aliphatic carbocycles. The first-order chi connectivity index (χ1) is 29.0. The number of unbranched alkanes of at least 4 members (excludes halogenated alkanes) is 23. The molecule has 0 rings (SSSR count). The van der Waals surface area contributed by atoms with Gasteiger partial charge in [0.1, 0.15) is 13.2 Å². The summed E-state index contributed by atoms with van der Waals surface area (Å²) < 4.78 is 16.7. The Hall–Kier alpha value is -2.89. The molecule has 0 aliphatic heterocycles. The predicted octanol–water partition coefficient (Wildman–Crippen LogP) is 16.1. The van der Waals surface area contributed by atoms with Crippen LogP contribution in [0.5, 0.6) is 0 Å². The molecule has 0 saturated carbocycles. The van der Waals surface area contributed by atoms with Gasteiger partial charge in [0.2, 0.25) is 0 Å². The lowest BCUT2D eigenvalue weighted by molar-refractivity contribution is -0.167. The fourth-order valence-corrected chi connectivity index (χ4v) is 6.78. The van der Waals surface area contributed by atoms with Crippen molar-refractivity contribution in [3.63, 3.8) is 0 Å². The highest BCUT2D eigenvalue weighted by Crippen LogP contribution is 2.14. The molecule has 0 bridgehead atoms. The first-order valence-corrected chi connectivity index (χ1v) is 24.8. The van der Waals surface area contributed by atoms with Gasteiger partial charge in [0, 0.05) is 19.3 Å². The van der Waals surface area contributed by atoms with Crippen LogP contribution in [0.25, 0.3) is 0 Å². The average molecular weight is 825 g/mol. The third kappa shape index (κ3) is 46.0. The van der Waals surface area contributed by atoms with Gasteiger partial charge in [-0.25, -0.2) is 0 Å². The Morgan fingerprint density at radius 3 is 1.07 bits per heavy atom. The van der Waals surface area contributed by atoms with Crippen LogP contribution in [-0.2, 0) is 28.6 Å². The maximum absolute atomic E-state index is 12.7. The number of rotatable bonds is 44. The molecule has 0 fully saturated rings. The second-order valence-electron chi connectivity index (χ2n) is 16.3. The Balaban J connectivity index is 4.34. The minimum atomic E-state index is -0.780. The topological polar surface area (TPSA) is 78.9 Å². The molecule has 0 aromatic carbocycles. The number of hydrogen-bond donors (Lipinski definition) is 0. The molecule has 6 nitrogen and oxygen atoms in total. The van der Waals surface area contributed by atoms with Crippen LogP contribution in [0.3, 0.4) is 0 Å². The Kier molecular flexibility index (Phi) is 45.4. The first-order valence-electron chi connectivity index (χ1n) is 24.8. The van der Waals surface area contributed by atoms with Crippen molar-refractivity contribution >= 4 is 17.9 Å². The highest BCUT2D eigenvalue weighted by Gasteiger charge is 2.19. The van der Waals surface area contributed by atoms with E-state index in [0.29, 0.717) is 19.3 Å². The Morgan fingerprint density at radius 1 is 0.356 bits per heavy atom. The molecule has 0 heterocycles. The number of ether oxygens (including phenoxy) is 3. The second kappa shape index (κ2) is 47.8. The van der Waals surface area contributed by atoms with Crippen LogP contribution < -0.4 is 0 Å². The monoisotopic (exact) mass is 825 g/mol. The summed E-state index contributed by atoms with van der Waals surface area (Å²) in [5, 5.41) is 0. The maximum Gasteiger partial charge on any atom is 0.306 e. The lowest BCUT2D eigenvalue weighted by Crippen LogP contribution is -2.30. The summed E-state index contributed by atoms with van der Waals surface area (Å²) >= 11 is 0. The third-order valence-electron chi connectivity index (χ3n) is 10.5. The van der Waals surface area contributed by atoms with Gasteiger partial charge in [-0.3, -0.25) is 14.4 Å². The standard InChI is InChI=1S/C53H92O6/c1-4-7-10-13-16-19-21-23-24-25-26-27-28-30-31-34-37-40-43-46-52(55)58-49-50(48-57-51(54)45-42-39-36-33-18-15-12-9-6-3)59-53(56)47-44-41-38-35-32-29-22-20-17-14-11-8-5-2/h7,10,16,19-20,22-24,26-27,50H,4-6,8-9,11-15,17-18,21,25,28-49H2,1-3H3/b10-7-,19-16-,22-20-,24-23-,27-26-. The SMILES string of the molecule is CC/C=C\C/C=C\C/C=C\C/C=C\CCCCCCCCC(=O)OCC(COC(=O)CCCCCCCCCCC)OC(=O)CCCCCCC/C=C\CCCCCC. The van der Waals surface area contributed by atoms with Gasteiger partial charge in [0.15, 0.2) is 6.10 Å². The molecule has 0 saturated heterocycles. The normalized spacial score (nSPS) is 12.5. The zero-order valence-electron chi connectivity index (χ0n) is 38.8. The summed E-state index contributed by atoms with van der Waals surface area (Å²) in [6, 6.07) is 0. The molecule has 1 unspecified atom stereocenters. The van der Waals surface area contributed by atoms with E-state index >= 15 is 0 Å². The highest BCUT2D eigenvalue weighted by molar-refractivity contribution is 5.71. The minimum Gasteiger partial charge on any atom is -0.462 e. The lowest BCUT2D eigenvalue weighted by atomic mass is 10.1. The van der Waals surface area contributed by atoms with Crippen molar-refractivity contribution in [2.24, 2.45) is 0 Å². The zero-order valence-corrected chi connectivity index (χ0v) is 38.8. The summed E-state index contributed by atoms with van der Waals surface area (Å²) in [6.45, 7) is 6.47. The summed E-state index contributed by atoms with van der Waals surface area (Å²) in [6.07, 6.45) is 57.7. The van der Waals surface area contributed by atoms with E-state index < -0.39 is 6.10 Å². The van der Waals surface area contributed by atoms with Crippen LogP contribution in [0.15, 0.2) is 60.8 Å². The van der Waals surface area contributed by atoms with E-state index in [0.717, 1.165) is 103 Å². The summed E-state index contributed by atoms with van der Waals surface area (Å²) in [7, 11) is 0. The zero-order chi connectivity index (χ0) is 43.0. The van der Waals surface area contributed by atoms with Gasteiger partial charge in [-0.05, 0) is 83.5 Å². The summed E-state index contributed by atoms with van der Waals surface area (Å²) in [5.41, 5.74) is 0. The van der Waals surface area contributed by atoms with E-state index in [4.69, 9.17) is 14.2 Å². The van der Waals surface area contributed by atoms with E-state index in [1.54, 1.807) is 0 Å². The smallest absolute Gasteiger partial charge is 0.306 e. The van der Waals surface area contributed by atoms with E-state index in [9.17, 15) is 14.4 Å². The maximum atomic E-state index is 12.7. The molecule has 0 aromatic rings. The fraction of sp³-hybridized carbons (Fsp3) is 0.755. The second-order valence-corrected chi connectivity index (χ2v) is 16.3. The van der Waals surface area contributed by atoms with Crippen LogP contribution >= 0.6 is 0 Å². The Morgan fingerprint density at radius 2 is 0.661 bits per heavy atom. The Bertz CT molecular complexity index is 1090.